The van der Waals surface area contributed by atoms with E-state index in [2.05, 4.69) is 10.3 Å². The molecule has 1 aromatic carbocycles. The van der Waals surface area contributed by atoms with Crippen LogP contribution in [0.1, 0.15) is 18.2 Å². The van der Waals surface area contributed by atoms with Gasteiger partial charge in [-0.15, -0.1) is 0 Å². The summed E-state index contributed by atoms with van der Waals surface area (Å²) in [6.07, 6.45) is 2.48. The van der Waals surface area contributed by atoms with Crippen molar-refractivity contribution in [3.8, 4) is 0 Å². The second kappa shape index (κ2) is 6.10. The Bertz CT molecular complexity index is 632. The molecule has 0 saturated heterocycles. The Balaban J connectivity index is 2.22. The van der Waals surface area contributed by atoms with Crippen molar-refractivity contribution in [2.45, 2.75) is 19.9 Å². The van der Waals surface area contributed by atoms with Gasteiger partial charge in [-0.05, 0) is 24.1 Å². The number of pyridine rings is 1. The Morgan fingerprint density at radius 1 is 1.40 bits per heavy atom. The number of hydrogen-bond donors (Lipinski definition) is 1. The number of anilines is 1. The second-order valence-electron chi connectivity index (χ2n) is 4.23. The first kappa shape index (κ1) is 13.9. The lowest BCUT2D eigenvalue weighted by molar-refractivity contribution is -0.384. The fourth-order valence-electron chi connectivity index (χ4n) is 1.94. The quantitative estimate of drug-likeness (QED) is 0.671. The Labute approximate surface area is 115 Å². The zero-order chi connectivity index (χ0) is 14.5. The third-order valence-electron chi connectivity index (χ3n) is 2.97. The first-order valence-electron chi connectivity index (χ1n) is 6.22. The Hall–Kier alpha value is -2.50. The van der Waals surface area contributed by atoms with Crippen molar-refractivity contribution >= 4 is 11.4 Å². The summed E-state index contributed by atoms with van der Waals surface area (Å²) >= 11 is 0. The zero-order valence-corrected chi connectivity index (χ0v) is 11.0. The average molecular weight is 275 g/mol. The van der Waals surface area contributed by atoms with Crippen LogP contribution in [0.4, 0.5) is 15.8 Å². The molecular weight excluding hydrogens is 261 g/mol. The summed E-state index contributed by atoms with van der Waals surface area (Å²) in [5.41, 5.74) is 1.86. The molecule has 0 aliphatic heterocycles. The van der Waals surface area contributed by atoms with Crippen molar-refractivity contribution in [3.05, 3.63) is 63.7 Å². The van der Waals surface area contributed by atoms with Gasteiger partial charge in [0.1, 0.15) is 11.5 Å². The minimum absolute atomic E-state index is 0.152. The van der Waals surface area contributed by atoms with E-state index >= 15 is 0 Å². The standard InChI is InChI=1S/C14H14FN3O2/c1-2-10-4-3-7-16-13(10)9-17-12-8-11(15)5-6-14(12)18(19)20/h3-8,17H,2,9H2,1H3. The lowest BCUT2D eigenvalue weighted by Crippen LogP contribution is -2.06. The molecule has 0 saturated carbocycles. The first-order valence-corrected chi connectivity index (χ1v) is 6.22. The van der Waals surface area contributed by atoms with E-state index in [4.69, 9.17) is 0 Å². The zero-order valence-electron chi connectivity index (χ0n) is 11.0. The fourth-order valence-corrected chi connectivity index (χ4v) is 1.94. The van der Waals surface area contributed by atoms with Crippen LogP contribution in [0.2, 0.25) is 0 Å². The molecule has 0 atom stereocenters. The van der Waals surface area contributed by atoms with Crippen molar-refractivity contribution in [1.29, 1.82) is 0 Å². The highest BCUT2D eigenvalue weighted by Gasteiger charge is 2.14. The number of nitrogens with one attached hydrogen (secondary N) is 1. The monoisotopic (exact) mass is 275 g/mol. The molecule has 104 valence electrons. The molecule has 1 N–H and O–H groups in total. The van der Waals surface area contributed by atoms with Crippen LogP contribution in [0.5, 0.6) is 0 Å². The molecule has 20 heavy (non-hydrogen) atoms. The smallest absolute Gasteiger partial charge is 0.292 e. The van der Waals surface area contributed by atoms with Gasteiger partial charge in [0.15, 0.2) is 0 Å². The summed E-state index contributed by atoms with van der Waals surface area (Å²) in [6, 6.07) is 7.13. The van der Waals surface area contributed by atoms with Crippen molar-refractivity contribution in [1.82, 2.24) is 4.98 Å². The number of benzene rings is 1. The highest BCUT2D eigenvalue weighted by atomic mass is 19.1. The van der Waals surface area contributed by atoms with Gasteiger partial charge in [-0.1, -0.05) is 13.0 Å². The van der Waals surface area contributed by atoms with Gasteiger partial charge >= 0.3 is 0 Å². The number of nitro groups is 1. The average Bonchev–Trinajstić information content (AvgIpc) is 2.45. The number of aryl methyl sites for hydroxylation is 1. The maximum absolute atomic E-state index is 13.2. The Morgan fingerprint density at radius 2 is 2.20 bits per heavy atom. The van der Waals surface area contributed by atoms with Gasteiger partial charge in [-0.25, -0.2) is 4.39 Å². The molecular formula is C14H14FN3O2. The van der Waals surface area contributed by atoms with Crippen LogP contribution in [0, 0.1) is 15.9 Å². The van der Waals surface area contributed by atoms with Gasteiger partial charge in [0.25, 0.3) is 5.69 Å². The normalized spacial score (nSPS) is 10.3. The van der Waals surface area contributed by atoms with Crippen LogP contribution in [-0.4, -0.2) is 9.91 Å². The minimum atomic E-state index is -0.541. The van der Waals surface area contributed by atoms with Gasteiger partial charge in [0, 0.05) is 18.3 Å². The molecule has 0 spiro atoms. The highest BCUT2D eigenvalue weighted by molar-refractivity contribution is 5.61. The Kier molecular flexibility index (Phi) is 4.24. The lowest BCUT2D eigenvalue weighted by atomic mass is 10.1. The van der Waals surface area contributed by atoms with Crippen LogP contribution >= 0.6 is 0 Å². The van der Waals surface area contributed by atoms with Crippen molar-refractivity contribution in [2.24, 2.45) is 0 Å². The maximum atomic E-state index is 13.2. The van der Waals surface area contributed by atoms with Gasteiger partial charge in [-0.3, -0.25) is 15.1 Å². The van der Waals surface area contributed by atoms with Gasteiger partial charge in [0.2, 0.25) is 0 Å². The Morgan fingerprint density at radius 3 is 2.90 bits per heavy atom. The number of nitro benzene ring substituents is 1. The third-order valence-corrected chi connectivity index (χ3v) is 2.97. The molecule has 6 heteroatoms. The molecule has 0 bridgehead atoms. The predicted molar refractivity (Wildman–Crippen MR) is 74.0 cm³/mol. The summed E-state index contributed by atoms with van der Waals surface area (Å²) in [5.74, 6) is -0.519. The number of nitrogens with zero attached hydrogens (tertiary/aromatic N) is 2. The fraction of sp³-hybridized carbons (Fsp3) is 0.214. The molecule has 0 amide bonds. The second-order valence-corrected chi connectivity index (χ2v) is 4.23. The summed E-state index contributed by atoms with van der Waals surface area (Å²) < 4.78 is 13.2. The molecule has 5 nitrogen and oxygen atoms in total. The summed E-state index contributed by atoms with van der Waals surface area (Å²) in [7, 11) is 0. The van der Waals surface area contributed by atoms with Crippen LogP contribution in [0.25, 0.3) is 0 Å². The third kappa shape index (κ3) is 3.09. The van der Waals surface area contributed by atoms with Crippen LogP contribution in [0.3, 0.4) is 0 Å². The molecule has 0 fully saturated rings. The minimum Gasteiger partial charge on any atom is -0.374 e. The van der Waals surface area contributed by atoms with E-state index in [0.717, 1.165) is 35.9 Å². The molecule has 2 aromatic rings. The molecule has 0 aliphatic rings. The van der Waals surface area contributed by atoms with Crippen molar-refractivity contribution in [2.75, 3.05) is 5.32 Å². The van der Waals surface area contributed by atoms with E-state index < -0.39 is 10.7 Å². The van der Waals surface area contributed by atoms with Crippen LogP contribution in [-0.2, 0) is 13.0 Å². The molecule has 0 aliphatic carbocycles. The van der Waals surface area contributed by atoms with E-state index in [9.17, 15) is 14.5 Å². The first-order chi connectivity index (χ1) is 9.61. The summed E-state index contributed by atoms with van der Waals surface area (Å²) in [5, 5.41) is 13.8. The largest absolute Gasteiger partial charge is 0.374 e. The maximum Gasteiger partial charge on any atom is 0.292 e. The van der Waals surface area contributed by atoms with Crippen molar-refractivity contribution in [3.63, 3.8) is 0 Å². The van der Waals surface area contributed by atoms with E-state index in [-0.39, 0.29) is 11.4 Å². The molecule has 1 heterocycles. The van der Waals surface area contributed by atoms with E-state index in [1.165, 1.54) is 0 Å². The number of rotatable bonds is 5. The molecule has 1 aromatic heterocycles. The van der Waals surface area contributed by atoms with Gasteiger partial charge < -0.3 is 5.32 Å². The molecule has 2 rings (SSSR count). The number of halogens is 1. The van der Waals surface area contributed by atoms with Crippen LogP contribution in [0.15, 0.2) is 36.5 Å². The van der Waals surface area contributed by atoms with E-state index in [1.54, 1.807) is 6.20 Å². The van der Waals surface area contributed by atoms with Crippen LogP contribution < -0.4 is 5.32 Å². The number of aromatic nitrogens is 1. The summed E-state index contributed by atoms with van der Waals surface area (Å²) in [6.45, 7) is 2.32. The lowest BCUT2D eigenvalue weighted by Gasteiger charge is -2.09. The number of hydrogen-bond acceptors (Lipinski definition) is 4. The predicted octanol–water partition coefficient (Wildman–Crippen LogP) is 3.30. The topological polar surface area (TPSA) is 68.1 Å². The molecule has 0 unspecified atom stereocenters. The molecule has 0 radical (unpaired) electrons. The van der Waals surface area contributed by atoms with E-state index in [0.29, 0.717) is 6.54 Å². The van der Waals surface area contributed by atoms with Crippen molar-refractivity contribution < 1.29 is 9.31 Å². The van der Waals surface area contributed by atoms with Gasteiger partial charge in [0.05, 0.1) is 17.2 Å². The summed E-state index contributed by atoms with van der Waals surface area (Å²) in [4.78, 5) is 14.6. The SMILES string of the molecule is CCc1cccnc1CNc1cc(F)ccc1[N+](=O)[O-]. The highest BCUT2D eigenvalue weighted by Crippen LogP contribution is 2.25. The van der Waals surface area contributed by atoms with E-state index in [1.807, 2.05) is 19.1 Å². The van der Waals surface area contributed by atoms with Gasteiger partial charge in [-0.2, -0.15) is 0 Å².